The van der Waals surface area contributed by atoms with Gasteiger partial charge in [-0.05, 0) is 127 Å². The maximum absolute atomic E-state index is 6.33. The summed E-state index contributed by atoms with van der Waals surface area (Å²) in [6, 6.07) is 58.0. The first-order chi connectivity index (χ1) is 27.6. The van der Waals surface area contributed by atoms with Gasteiger partial charge in [0.15, 0.2) is 0 Å². The molecule has 0 amide bonds. The number of hydrogen-bond donors (Lipinski definition) is 0. The Kier molecular flexibility index (Phi) is 9.29. The van der Waals surface area contributed by atoms with E-state index >= 15 is 0 Å². The first-order valence-corrected chi connectivity index (χ1v) is 18.9. The van der Waals surface area contributed by atoms with Crippen molar-refractivity contribution in [3.63, 3.8) is 0 Å². The number of fused-ring (bicyclic) bond motifs is 6. The van der Waals surface area contributed by atoms with Gasteiger partial charge in [-0.15, -0.1) is 0 Å². The second-order valence-electron chi connectivity index (χ2n) is 13.9. The van der Waals surface area contributed by atoms with Crippen molar-refractivity contribution in [2.45, 2.75) is 0 Å². The van der Waals surface area contributed by atoms with Gasteiger partial charge >= 0.3 is 0 Å². The van der Waals surface area contributed by atoms with Gasteiger partial charge in [-0.2, -0.15) is 0 Å². The van der Waals surface area contributed by atoms with Crippen molar-refractivity contribution in [3.8, 4) is 11.1 Å². The number of allylic oxidation sites excluding steroid dienone is 7. The van der Waals surface area contributed by atoms with E-state index in [-0.39, 0.29) is 0 Å². The Morgan fingerprint density at radius 3 is 1.93 bits per heavy atom. The summed E-state index contributed by atoms with van der Waals surface area (Å²) in [5, 5.41) is 9.38. The minimum atomic E-state index is 0.869. The highest BCUT2D eigenvalue weighted by Crippen LogP contribution is 2.34. The average Bonchev–Trinajstić information content (AvgIpc) is 3.60. The highest BCUT2D eigenvalue weighted by Gasteiger charge is 2.12. The van der Waals surface area contributed by atoms with Gasteiger partial charge < -0.3 is 9.32 Å². The molecule has 0 saturated heterocycles. The molecular weight excluding hydrogens is 679 g/mol. The monoisotopic (exact) mass is 717 g/mol. The highest BCUT2D eigenvalue weighted by molar-refractivity contribution is 6.10. The van der Waals surface area contributed by atoms with Gasteiger partial charge in [0.2, 0.25) is 0 Å². The van der Waals surface area contributed by atoms with Crippen LogP contribution in [0.25, 0.3) is 77.0 Å². The zero-order valence-electron chi connectivity index (χ0n) is 31.0. The molecule has 9 rings (SSSR count). The van der Waals surface area contributed by atoms with Crippen LogP contribution in [0.1, 0.15) is 11.1 Å². The van der Waals surface area contributed by atoms with E-state index in [0.717, 1.165) is 55.6 Å². The molecule has 0 atom stereocenters. The largest absolute Gasteiger partial charge is 0.456 e. The average molecular weight is 718 g/mol. The summed E-state index contributed by atoms with van der Waals surface area (Å²) >= 11 is 0. The lowest BCUT2D eigenvalue weighted by atomic mass is 9.97. The lowest BCUT2D eigenvalue weighted by molar-refractivity contribution is 0.669. The van der Waals surface area contributed by atoms with Crippen molar-refractivity contribution in [2.24, 2.45) is 0 Å². The Morgan fingerprint density at radius 2 is 1.18 bits per heavy atom. The molecule has 9 aromatic rings. The molecule has 0 aliphatic heterocycles. The van der Waals surface area contributed by atoms with Gasteiger partial charge in [0, 0.05) is 28.4 Å². The van der Waals surface area contributed by atoms with Crippen LogP contribution in [0.15, 0.2) is 230 Å². The second-order valence-corrected chi connectivity index (χ2v) is 13.9. The minimum absolute atomic E-state index is 0.869. The highest BCUT2D eigenvalue weighted by atomic mass is 16.3. The molecule has 0 radical (unpaired) electrons. The van der Waals surface area contributed by atoms with E-state index in [4.69, 9.17) is 4.42 Å². The maximum Gasteiger partial charge on any atom is 0.136 e. The summed E-state index contributed by atoms with van der Waals surface area (Å²) in [5.41, 5.74) is 9.30. The molecule has 0 saturated carbocycles. The summed E-state index contributed by atoms with van der Waals surface area (Å²) in [6.07, 6.45) is 16.4. The smallest absolute Gasteiger partial charge is 0.136 e. The fraction of sp³-hybridized carbons (Fsp3) is 0. The normalized spacial score (nSPS) is 12.5. The van der Waals surface area contributed by atoms with Crippen molar-refractivity contribution in [1.82, 2.24) is 0 Å². The van der Waals surface area contributed by atoms with E-state index < -0.39 is 0 Å². The Hall–Kier alpha value is -7.42. The molecule has 0 spiro atoms. The first-order valence-electron chi connectivity index (χ1n) is 18.9. The van der Waals surface area contributed by atoms with Gasteiger partial charge in [-0.1, -0.05) is 153 Å². The number of rotatable bonds is 10. The van der Waals surface area contributed by atoms with E-state index in [2.05, 4.69) is 212 Å². The van der Waals surface area contributed by atoms with Gasteiger partial charge in [0.1, 0.15) is 11.2 Å². The fourth-order valence-corrected chi connectivity index (χ4v) is 7.51. The molecule has 1 aromatic heterocycles. The van der Waals surface area contributed by atoms with Crippen LogP contribution in [-0.2, 0) is 0 Å². The molecule has 2 nitrogen and oxygen atoms in total. The molecule has 1 heterocycles. The molecule has 0 aliphatic carbocycles. The van der Waals surface area contributed by atoms with Gasteiger partial charge in [0.05, 0.1) is 0 Å². The summed E-state index contributed by atoms with van der Waals surface area (Å²) in [5.74, 6) is 0. The predicted molar refractivity (Wildman–Crippen MR) is 242 cm³/mol. The molecule has 8 aromatic carbocycles. The zero-order valence-corrected chi connectivity index (χ0v) is 31.0. The molecule has 0 fully saturated rings. The Morgan fingerprint density at radius 1 is 0.518 bits per heavy atom. The van der Waals surface area contributed by atoms with Gasteiger partial charge in [-0.25, -0.2) is 0 Å². The molecule has 266 valence electrons. The summed E-state index contributed by atoms with van der Waals surface area (Å²) in [4.78, 5) is 2.22. The second kappa shape index (κ2) is 15.1. The third-order valence-electron chi connectivity index (χ3n) is 10.4. The third-order valence-corrected chi connectivity index (χ3v) is 10.4. The Balaban J connectivity index is 1.12. The van der Waals surface area contributed by atoms with E-state index in [0.29, 0.717) is 0 Å². The lowest BCUT2D eigenvalue weighted by Crippen LogP contribution is -2.14. The van der Waals surface area contributed by atoms with E-state index in [1.807, 2.05) is 18.2 Å². The quantitative estimate of drug-likeness (QED) is 0.131. The summed E-state index contributed by atoms with van der Waals surface area (Å²) < 4.78 is 6.33. The number of anilines is 1. The van der Waals surface area contributed by atoms with Crippen molar-refractivity contribution >= 4 is 71.6 Å². The van der Waals surface area contributed by atoms with Crippen LogP contribution < -0.4 is 4.90 Å². The van der Waals surface area contributed by atoms with Crippen LogP contribution in [0, 0.1) is 0 Å². The number of hydrogen-bond acceptors (Lipinski definition) is 2. The number of nitrogens with zero attached hydrogens (tertiary/aromatic N) is 1. The molecule has 2 heteroatoms. The molecule has 0 unspecified atom stereocenters. The van der Waals surface area contributed by atoms with Gasteiger partial charge in [-0.3, -0.25) is 0 Å². The van der Waals surface area contributed by atoms with Crippen molar-refractivity contribution < 1.29 is 4.42 Å². The Labute approximate surface area is 327 Å². The number of benzene rings is 8. The standard InChI is InChI=1S/C54H39NO/c1-3-5-23-49(31-38-24-29-53-51(32-38)52-36-46-18-10-11-19-47(46)37-54(52)56-53)55(50-28-27-41-15-7-9-17-45(41)35-50)30-13-22-39(4-2)42-20-12-21-44(33-42)48-26-25-40-14-6-8-16-43(40)34-48/h3-37H,1-2H2/b23-5-,30-13+,39-22+,49-31-. The minimum Gasteiger partial charge on any atom is -0.456 e. The van der Waals surface area contributed by atoms with Crippen LogP contribution in [-0.4, -0.2) is 0 Å². The molecular formula is C54H39NO. The van der Waals surface area contributed by atoms with E-state index in [9.17, 15) is 0 Å². The van der Waals surface area contributed by atoms with Crippen LogP contribution in [0.3, 0.4) is 0 Å². The molecule has 0 N–H and O–H groups in total. The fourth-order valence-electron chi connectivity index (χ4n) is 7.51. The molecule has 56 heavy (non-hydrogen) atoms. The molecule has 0 aliphatic rings. The SMILES string of the molecule is C=C/C=C\C(=C\c1ccc2oc3cc4ccccc4cc3c2c1)N(/C=C/C=C(\C=C)c1cccc(-c2ccc3ccccc3c2)c1)c1ccc2ccccc2c1. The van der Waals surface area contributed by atoms with Crippen molar-refractivity contribution in [2.75, 3.05) is 4.90 Å². The third kappa shape index (κ3) is 6.88. The first kappa shape index (κ1) is 34.4. The lowest BCUT2D eigenvalue weighted by Gasteiger charge is -2.23. The number of furan rings is 1. The van der Waals surface area contributed by atoms with Gasteiger partial charge in [0.25, 0.3) is 0 Å². The summed E-state index contributed by atoms with van der Waals surface area (Å²) in [7, 11) is 0. The van der Waals surface area contributed by atoms with E-state index in [1.54, 1.807) is 0 Å². The molecule has 0 bridgehead atoms. The van der Waals surface area contributed by atoms with Crippen molar-refractivity contribution in [1.29, 1.82) is 0 Å². The summed E-state index contributed by atoms with van der Waals surface area (Å²) in [6.45, 7) is 8.20. The van der Waals surface area contributed by atoms with Crippen LogP contribution in [0.2, 0.25) is 0 Å². The predicted octanol–water partition coefficient (Wildman–Crippen LogP) is 15.1. The van der Waals surface area contributed by atoms with Crippen LogP contribution in [0.5, 0.6) is 0 Å². The van der Waals surface area contributed by atoms with E-state index in [1.165, 1.54) is 37.9 Å². The zero-order chi connectivity index (χ0) is 37.8. The van der Waals surface area contributed by atoms with Crippen molar-refractivity contribution in [3.05, 3.63) is 236 Å². The maximum atomic E-state index is 6.33. The topological polar surface area (TPSA) is 16.4 Å². The Bertz CT molecular complexity index is 3080. The van der Waals surface area contributed by atoms with Crippen LogP contribution in [0.4, 0.5) is 5.69 Å². The van der Waals surface area contributed by atoms with Crippen LogP contribution >= 0.6 is 0 Å².